The van der Waals surface area contributed by atoms with Gasteiger partial charge in [-0.25, -0.2) is 9.48 Å². The molecule has 32 heavy (non-hydrogen) atoms. The van der Waals surface area contributed by atoms with Gasteiger partial charge in [-0.05, 0) is 50.1 Å². The first kappa shape index (κ1) is 20.1. The fraction of sp³-hybridized carbons (Fsp3) is 0.292. The summed E-state index contributed by atoms with van der Waals surface area (Å²) in [5.41, 5.74) is 2.47. The summed E-state index contributed by atoms with van der Waals surface area (Å²) in [5.74, 6) is 0.538. The van der Waals surface area contributed by atoms with Gasteiger partial charge in [-0.15, -0.1) is 0 Å². The minimum absolute atomic E-state index is 0.303. The second kappa shape index (κ2) is 8.37. The maximum atomic E-state index is 13.0. The topological polar surface area (TPSA) is 91.7 Å². The number of nitrogens with one attached hydrogen (secondary N) is 1. The standard InChI is InChI=1S/C24H23N3O5/c1-15(23(28)25-17-9-10-21-22(13-17)31-12-11-30-21)32-24(29)20-14-19(16-7-8-16)26-27(20)18-5-3-2-4-6-18/h2-6,9-10,13-16H,7-8,11-12H2,1H3,(H,25,28)/t15-/m1/s1. The number of carbonyl (C=O) groups excluding carboxylic acids is 2. The third-order valence-corrected chi connectivity index (χ3v) is 5.40. The van der Waals surface area contributed by atoms with Crippen LogP contribution in [0.25, 0.3) is 5.69 Å². The van der Waals surface area contributed by atoms with E-state index in [0.717, 1.165) is 24.2 Å². The van der Waals surface area contributed by atoms with Gasteiger partial charge in [0, 0.05) is 17.7 Å². The van der Waals surface area contributed by atoms with Crippen molar-refractivity contribution in [2.75, 3.05) is 18.5 Å². The molecule has 0 unspecified atom stereocenters. The zero-order chi connectivity index (χ0) is 22.1. The van der Waals surface area contributed by atoms with E-state index in [-0.39, 0.29) is 0 Å². The van der Waals surface area contributed by atoms with Crippen LogP contribution < -0.4 is 14.8 Å². The van der Waals surface area contributed by atoms with Crippen molar-refractivity contribution in [3.63, 3.8) is 0 Å². The van der Waals surface area contributed by atoms with Crippen molar-refractivity contribution in [1.29, 1.82) is 0 Å². The molecule has 0 spiro atoms. The van der Waals surface area contributed by atoms with Gasteiger partial charge >= 0.3 is 5.97 Å². The van der Waals surface area contributed by atoms with E-state index in [4.69, 9.17) is 14.2 Å². The first-order valence-electron chi connectivity index (χ1n) is 10.7. The van der Waals surface area contributed by atoms with Crippen molar-refractivity contribution >= 4 is 17.6 Å². The molecule has 1 aliphatic heterocycles. The molecular weight excluding hydrogens is 410 g/mol. The third kappa shape index (κ3) is 4.16. The summed E-state index contributed by atoms with van der Waals surface area (Å²) in [6.07, 6.45) is 1.13. The fourth-order valence-electron chi connectivity index (χ4n) is 3.53. The van der Waals surface area contributed by atoms with Gasteiger partial charge in [-0.1, -0.05) is 18.2 Å². The molecule has 0 saturated heterocycles. The van der Waals surface area contributed by atoms with Crippen LogP contribution in [0.1, 0.15) is 41.9 Å². The highest BCUT2D eigenvalue weighted by Gasteiger charge is 2.30. The number of fused-ring (bicyclic) bond motifs is 1. The lowest BCUT2D eigenvalue weighted by atomic mass is 10.2. The Morgan fingerprint density at radius 3 is 2.56 bits per heavy atom. The Morgan fingerprint density at radius 2 is 1.81 bits per heavy atom. The summed E-state index contributed by atoms with van der Waals surface area (Å²) in [4.78, 5) is 25.6. The number of hydrogen-bond acceptors (Lipinski definition) is 6. The molecule has 1 fully saturated rings. The average molecular weight is 433 g/mol. The number of rotatable bonds is 6. The molecule has 1 aliphatic carbocycles. The summed E-state index contributed by atoms with van der Waals surface area (Å²) in [5, 5.41) is 7.37. The lowest BCUT2D eigenvalue weighted by Crippen LogP contribution is -2.30. The van der Waals surface area contributed by atoms with E-state index in [1.165, 1.54) is 6.92 Å². The van der Waals surface area contributed by atoms with Gasteiger partial charge in [0.25, 0.3) is 5.91 Å². The molecule has 8 heteroatoms. The molecule has 1 saturated carbocycles. The van der Waals surface area contributed by atoms with Gasteiger partial charge in [0.15, 0.2) is 23.3 Å². The number of para-hydroxylation sites is 1. The molecule has 3 aromatic rings. The zero-order valence-corrected chi connectivity index (χ0v) is 17.6. The molecule has 1 N–H and O–H groups in total. The molecule has 0 radical (unpaired) electrons. The Balaban J connectivity index is 1.30. The van der Waals surface area contributed by atoms with Crippen molar-refractivity contribution in [2.45, 2.75) is 31.8 Å². The first-order chi connectivity index (χ1) is 15.6. The highest BCUT2D eigenvalue weighted by atomic mass is 16.6. The number of carbonyl (C=O) groups is 2. The van der Waals surface area contributed by atoms with Crippen LogP contribution in [0.15, 0.2) is 54.6 Å². The molecule has 2 aliphatic rings. The van der Waals surface area contributed by atoms with Gasteiger partial charge in [0.2, 0.25) is 0 Å². The summed E-state index contributed by atoms with van der Waals surface area (Å²) < 4.78 is 18.1. The predicted octanol–water partition coefficient (Wildman–Crippen LogP) is 3.70. The Hall–Kier alpha value is -3.81. The lowest BCUT2D eigenvalue weighted by Gasteiger charge is -2.19. The van der Waals surface area contributed by atoms with Gasteiger partial charge in [-0.2, -0.15) is 5.10 Å². The average Bonchev–Trinajstić information content (AvgIpc) is 3.57. The largest absolute Gasteiger partial charge is 0.486 e. The Bertz CT molecular complexity index is 1150. The summed E-state index contributed by atoms with van der Waals surface area (Å²) in [7, 11) is 0. The minimum atomic E-state index is -1.00. The van der Waals surface area contributed by atoms with Gasteiger partial charge in [-0.3, -0.25) is 4.79 Å². The Morgan fingerprint density at radius 1 is 1.06 bits per heavy atom. The summed E-state index contributed by atoms with van der Waals surface area (Å²) in [6, 6.07) is 16.3. The zero-order valence-electron chi connectivity index (χ0n) is 17.6. The predicted molar refractivity (Wildman–Crippen MR) is 116 cm³/mol. The fourth-order valence-corrected chi connectivity index (χ4v) is 3.53. The van der Waals surface area contributed by atoms with Gasteiger partial charge < -0.3 is 19.5 Å². The minimum Gasteiger partial charge on any atom is -0.486 e. The molecule has 0 bridgehead atoms. The molecule has 8 nitrogen and oxygen atoms in total. The van der Waals surface area contributed by atoms with Crippen LogP contribution in [0, 0.1) is 0 Å². The second-order valence-electron chi connectivity index (χ2n) is 7.87. The van der Waals surface area contributed by atoms with Crippen LogP contribution in [0.5, 0.6) is 11.5 Å². The first-order valence-corrected chi connectivity index (χ1v) is 10.7. The van der Waals surface area contributed by atoms with Crippen LogP contribution in [0.2, 0.25) is 0 Å². The number of anilines is 1. The number of ether oxygens (including phenoxy) is 3. The third-order valence-electron chi connectivity index (χ3n) is 5.40. The Labute approximate surface area is 185 Å². The number of amides is 1. The quantitative estimate of drug-likeness (QED) is 0.596. The van der Waals surface area contributed by atoms with E-state index >= 15 is 0 Å². The molecule has 5 rings (SSSR count). The van der Waals surface area contributed by atoms with Crippen LogP contribution in [0.4, 0.5) is 5.69 Å². The van der Waals surface area contributed by atoms with Crippen LogP contribution in [0.3, 0.4) is 0 Å². The lowest BCUT2D eigenvalue weighted by molar-refractivity contribution is -0.123. The normalized spacial score (nSPS) is 15.7. The highest BCUT2D eigenvalue weighted by Crippen LogP contribution is 2.40. The van der Waals surface area contributed by atoms with E-state index in [1.54, 1.807) is 28.9 Å². The molecule has 2 aromatic carbocycles. The van der Waals surface area contributed by atoms with E-state index in [2.05, 4.69) is 10.4 Å². The number of nitrogens with zero attached hydrogens (tertiary/aromatic N) is 2. The number of benzene rings is 2. The van der Waals surface area contributed by atoms with E-state index in [0.29, 0.717) is 42.0 Å². The molecule has 1 atom stereocenters. The monoisotopic (exact) mass is 433 g/mol. The van der Waals surface area contributed by atoms with Crippen molar-refractivity contribution < 1.29 is 23.8 Å². The van der Waals surface area contributed by atoms with Crippen molar-refractivity contribution in [3.8, 4) is 17.2 Å². The maximum absolute atomic E-state index is 13.0. The van der Waals surface area contributed by atoms with Gasteiger partial charge in [0.1, 0.15) is 13.2 Å². The van der Waals surface area contributed by atoms with Crippen molar-refractivity contribution in [3.05, 3.63) is 66.0 Å². The van der Waals surface area contributed by atoms with E-state index in [1.807, 2.05) is 30.3 Å². The maximum Gasteiger partial charge on any atom is 0.357 e. The van der Waals surface area contributed by atoms with Crippen molar-refractivity contribution in [1.82, 2.24) is 9.78 Å². The molecule has 1 amide bonds. The van der Waals surface area contributed by atoms with Crippen LogP contribution in [-0.4, -0.2) is 41.0 Å². The Kier molecular flexibility index (Phi) is 5.26. The molecule has 2 heterocycles. The van der Waals surface area contributed by atoms with E-state index < -0.39 is 18.0 Å². The highest BCUT2D eigenvalue weighted by molar-refractivity contribution is 5.97. The number of esters is 1. The van der Waals surface area contributed by atoms with Crippen LogP contribution >= 0.6 is 0 Å². The summed E-state index contributed by atoms with van der Waals surface area (Å²) in [6.45, 7) is 2.49. The van der Waals surface area contributed by atoms with Crippen LogP contribution in [-0.2, 0) is 9.53 Å². The second-order valence-corrected chi connectivity index (χ2v) is 7.87. The number of aromatic nitrogens is 2. The van der Waals surface area contributed by atoms with E-state index in [9.17, 15) is 9.59 Å². The summed E-state index contributed by atoms with van der Waals surface area (Å²) >= 11 is 0. The number of hydrogen-bond donors (Lipinski definition) is 1. The molecular formula is C24H23N3O5. The van der Waals surface area contributed by atoms with Crippen molar-refractivity contribution in [2.24, 2.45) is 0 Å². The smallest absolute Gasteiger partial charge is 0.357 e. The molecule has 164 valence electrons. The molecule has 1 aromatic heterocycles. The van der Waals surface area contributed by atoms with Gasteiger partial charge in [0.05, 0.1) is 11.4 Å². The SMILES string of the molecule is C[C@@H](OC(=O)c1cc(C2CC2)nn1-c1ccccc1)C(=O)Nc1ccc2c(c1)OCCO2.